The lowest BCUT2D eigenvalue weighted by Crippen LogP contribution is -2.10. The molecule has 5 nitrogen and oxygen atoms in total. The Morgan fingerprint density at radius 3 is 3.08 bits per heavy atom. The van der Waals surface area contributed by atoms with Crippen molar-refractivity contribution in [3.63, 3.8) is 0 Å². The molecule has 0 radical (unpaired) electrons. The lowest BCUT2D eigenvalue weighted by molar-refractivity contribution is 0.100. The number of hydrogen-bond acceptors (Lipinski definition) is 3. The Balaban J connectivity index is 2.79. The summed E-state index contributed by atoms with van der Waals surface area (Å²) < 4.78 is 1.36. The predicted octanol–water partition coefficient (Wildman–Crippen LogP) is -0.172. The van der Waals surface area contributed by atoms with Crippen LogP contribution in [0.15, 0.2) is 24.5 Å². The van der Waals surface area contributed by atoms with E-state index in [4.69, 9.17) is 5.73 Å². The van der Waals surface area contributed by atoms with E-state index in [0.29, 0.717) is 11.1 Å². The summed E-state index contributed by atoms with van der Waals surface area (Å²) >= 11 is 0. The molecular formula is C7H6N4O. The van der Waals surface area contributed by atoms with Crippen LogP contribution in [0.3, 0.4) is 0 Å². The van der Waals surface area contributed by atoms with Crippen molar-refractivity contribution in [1.82, 2.24) is 14.8 Å². The zero-order chi connectivity index (χ0) is 8.55. The SMILES string of the molecule is NC(=O)c1cnn2ncccc12. The molecular weight excluding hydrogens is 156 g/mol. The number of primary amides is 1. The lowest BCUT2D eigenvalue weighted by Gasteiger charge is -1.90. The van der Waals surface area contributed by atoms with Crippen molar-refractivity contribution in [2.75, 3.05) is 0 Å². The monoisotopic (exact) mass is 162 g/mol. The van der Waals surface area contributed by atoms with Gasteiger partial charge < -0.3 is 5.73 Å². The quantitative estimate of drug-likeness (QED) is 0.632. The highest BCUT2D eigenvalue weighted by Gasteiger charge is 2.07. The number of rotatable bonds is 1. The maximum Gasteiger partial charge on any atom is 0.252 e. The van der Waals surface area contributed by atoms with Crippen molar-refractivity contribution in [1.29, 1.82) is 0 Å². The first-order valence-corrected chi connectivity index (χ1v) is 3.38. The van der Waals surface area contributed by atoms with Crippen LogP contribution in [0, 0.1) is 0 Å². The number of fused-ring (bicyclic) bond motifs is 1. The third-order valence-electron chi connectivity index (χ3n) is 1.57. The summed E-state index contributed by atoms with van der Waals surface area (Å²) in [6, 6.07) is 3.46. The van der Waals surface area contributed by atoms with E-state index < -0.39 is 5.91 Å². The van der Waals surface area contributed by atoms with Crippen LogP contribution in [0.5, 0.6) is 0 Å². The van der Waals surface area contributed by atoms with E-state index in [2.05, 4.69) is 10.2 Å². The molecule has 0 bridgehead atoms. The van der Waals surface area contributed by atoms with Crippen LogP contribution in [0.2, 0.25) is 0 Å². The topological polar surface area (TPSA) is 73.3 Å². The first-order chi connectivity index (χ1) is 5.79. The van der Waals surface area contributed by atoms with Crippen LogP contribution in [0.1, 0.15) is 10.4 Å². The highest BCUT2D eigenvalue weighted by molar-refractivity contribution is 5.99. The summed E-state index contributed by atoms with van der Waals surface area (Å²) in [5, 5.41) is 7.73. The molecule has 0 saturated carbocycles. The van der Waals surface area contributed by atoms with Crippen LogP contribution in [-0.2, 0) is 0 Å². The molecule has 1 amide bonds. The van der Waals surface area contributed by atoms with Crippen molar-refractivity contribution in [2.24, 2.45) is 5.73 Å². The molecule has 0 aliphatic rings. The molecule has 2 aromatic heterocycles. The molecule has 0 aliphatic heterocycles. The van der Waals surface area contributed by atoms with Crippen LogP contribution in [-0.4, -0.2) is 20.7 Å². The van der Waals surface area contributed by atoms with Crippen molar-refractivity contribution in [3.8, 4) is 0 Å². The minimum absolute atomic E-state index is 0.392. The molecule has 60 valence electrons. The summed E-state index contributed by atoms with van der Waals surface area (Å²) in [7, 11) is 0. The van der Waals surface area contributed by atoms with Gasteiger partial charge in [-0.05, 0) is 12.1 Å². The first-order valence-electron chi connectivity index (χ1n) is 3.38. The maximum atomic E-state index is 10.8. The average Bonchev–Trinajstić information content (AvgIpc) is 2.47. The number of aromatic nitrogens is 3. The second-order valence-electron chi connectivity index (χ2n) is 2.32. The molecule has 12 heavy (non-hydrogen) atoms. The maximum absolute atomic E-state index is 10.8. The molecule has 0 atom stereocenters. The van der Waals surface area contributed by atoms with Gasteiger partial charge in [-0.15, -0.1) is 0 Å². The smallest absolute Gasteiger partial charge is 0.252 e. The highest BCUT2D eigenvalue weighted by Crippen LogP contribution is 2.06. The number of carbonyl (C=O) groups is 1. The highest BCUT2D eigenvalue weighted by atomic mass is 16.1. The molecule has 0 unspecified atom stereocenters. The molecule has 2 N–H and O–H groups in total. The minimum Gasteiger partial charge on any atom is -0.365 e. The molecule has 2 aromatic rings. The first kappa shape index (κ1) is 6.78. The second-order valence-corrected chi connectivity index (χ2v) is 2.32. The molecule has 0 saturated heterocycles. The van der Waals surface area contributed by atoms with Crippen LogP contribution >= 0.6 is 0 Å². The fraction of sp³-hybridized carbons (Fsp3) is 0. The summed E-state index contributed by atoms with van der Waals surface area (Å²) in [5.74, 6) is -0.488. The Bertz CT molecular complexity index is 434. The predicted molar refractivity (Wildman–Crippen MR) is 41.5 cm³/mol. The van der Waals surface area contributed by atoms with Crippen molar-refractivity contribution in [2.45, 2.75) is 0 Å². The van der Waals surface area contributed by atoms with Crippen molar-refractivity contribution < 1.29 is 4.79 Å². The Morgan fingerprint density at radius 2 is 2.33 bits per heavy atom. The number of carbonyl (C=O) groups excluding carboxylic acids is 1. The van der Waals surface area contributed by atoms with E-state index in [1.807, 2.05) is 0 Å². The molecule has 5 heteroatoms. The van der Waals surface area contributed by atoms with Gasteiger partial charge in [0.1, 0.15) is 5.52 Å². The van der Waals surface area contributed by atoms with Gasteiger partial charge in [0.25, 0.3) is 5.91 Å². The summed E-state index contributed by atoms with van der Waals surface area (Å²) in [4.78, 5) is 10.8. The van der Waals surface area contributed by atoms with E-state index in [1.165, 1.54) is 10.8 Å². The number of hydrogen-bond donors (Lipinski definition) is 1. The lowest BCUT2D eigenvalue weighted by atomic mass is 10.3. The van der Waals surface area contributed by atoms with Gasteiger partial charge in [0.15, 0.2) is 0 Å². The Morgan fingerprint density at radius 1 is 1.50 bits per heavy atom. The summed E-state index contributed by atoms with van der Waals surface area (Å²) in [6.45, 7) is 0. The van der Waals surface area contributed by atoms with E-state index in [1.54, 1.807) is 18.3 Å². The molecule has 0 fully saturated rings. The Kier molecular flexibility index (Phi) is 1.30. The second kappa shape index (κ2) is 2.30. The van der Waals surface area contributed by atoms with E-state index >= 15 is 0 Å². The van der Waals surface area contributed by atoms with Gasteiger partial charge in [-0.2, -0.15) is 14.8 Å². The van der Waals surface area contributed by atoms with Gasteiger partial charge in [0.2, 0.25) is 0 Å². The van der Waals surface area contributed by atoms with Gasteiger partial charge in [-0.1, -0.05) is 0 Å². The standard InChI is InChI=1S/C7H6N4O/c8-7(12)5-4-10-11-6(5)2-1-3-9-11/h1-4H,(H2,8,12). The van der Waals surface area contributed by atoms with Gasteiger partial charge in [0.05, 0.1) is 11.8 Å². The van der Waals surface area contributed by atoms with E-state index in [-0.39, 0.29) is 0 Å². The zero-order valence-corrected chi connectivity index (χ0v) is 6.14. The van der Waals surface area contributed by atoms with Crippen LogP contribution < -0.4 is 5.73 Å². The van der Waals surface area contributed by atoms with Crippen LogP contribution in [0.4, 0.5) is 0 Å². The largest absolute Gasteiger partial charge is 0.365 e. The number of nitrogens with two attached hydrogens (primary N) is 1. The molecule has 0 aromatic carbocycles. The van der Waals surface area contributed by atoms with Gasteiger partial charge >= 0.3 is 0 Å². The average molecular weight is 162 g/mol. The molecule has 2 rings (SSSR count). The van der Waals surface area contributed by atoms with E-state index in [9.17, 15) is 4.79 Å². The van der Waals surface area contributed by atoms with Gasteiger partial charge in [-0.25, -0.2) is 0 Å². The van der Waals surface area contributed by atoms with E-state index in [0.717, 1.165) is 0 Å². The van der Waals surface area contributed by atoms with Crippen LogP contribution in [0.25, 0.3) is 5.52 Å². The summed E-state index contributed by atoms with van der Waals surface area (Å²) in [5.41, 5.74) is 6.13. The normalized spacial score (nSPS) is 10.3. The third-order valence-corrected chi connectivity index (χ3v) is 1.57. The van der Waals surface area contributed by atoms with Crippen molar-refractivity contribution >= 4 is 11.4 Å². The van der Waals surface area contributed by atoms with Crippen molar-refractivity contribution in [3.05, 3.63) is 30.1 Å². The molecule has 0 spiro atoms. The Labute approximate surface area is 67.8 Å². The Hall–Kier alpha value is -1.91. The molecule has 0 aliphatic carbocycles. The third kappa shape index (κ3) is 0.833. The number of amides is 1. The minimum atomic E-state index is -0.488. The summed E-state index contributed by atoms with van der Waals surface area (Å²) in [6.07, 6.45) is 3.00. The molecule has 2 heterocycles. The van der Waals surface area contributed by atoms with Gasteiger partial charge in [-0.3, -0.25) is 4.79 Å². The zero-order valence-electron chi connectivity index (χ0n) is 6.14. The number of nitrogens with zero attached hydrogens (tertiary/aromatic N) is 3. The van der Waals surface area contributed by atoms with Gasteiger partial charge in [0, 0.05) is 6.20 Å². The fourth-order valence-corrected chi connectivity index (χ4v) is 1.02. The fourth-order valence-electron chi connectivity index (χ4n) is 1.02.